The summed E-state index contributed by atoms with van der Waals surface area (Å²) in [7, 11) is 0. The van der Waals surface area contributed by atoms with Crippen molar-refractivity contribution in [2.45, 2.75) is 51.0 Å². The number of benzene rings is 1. The van der Waals surface area contributed by atoms with Crippen LogP contribution in [0.5, 0.6) is 0 Å². The minimum Gasteiger partial charge on any atom is -0.368 e. The fraction of sp³-hybridized carbons (Fsp3) is 0.647. The Labute approximate surface area is 127 Å². The van der Waals surface area contributed by atoms with Crippen LogP contribution >= 0.6 is 11.6 Å². The summed E-state index contributed by atoms with van der Waals surface area (Å²) in [6.07, 6.45) is 9.19. The van der Waals surface area contributed by atoms with Gasteiger partial charge in [0.15, 0.2) is 0 Å². The van der Waals surface area contributed by atoms with Gasteiger partial charge in [0, 0.05) is 23.3 Å². The standard InChI is InChI=1S/C17H25ClN2/c18-15-7-3-8-17(14(15)10-11-19)20-12-4-9-16(20)13-5-1-2-6-13/h3,7-8,13,16H,1-2,4-6,9-12,19H2. The molecule has 2 N–H and O–H groups in total. The molecule has 0 bridgehead atoms. The maximum Gasteiger partial charge on any atom is 0.0459 e. The summed E-state index contributed by atoms with van der Waals surface area (Å²) in [6.45, 7) is 1.84. The van der Waals surface area contributed by atoms with Crippen LogP contribution < -0.4 is 10.6 Å². The Hall–Kier alpha value is -0.730. The molecule has 2 aliphatic rings. The molecule has 1 saturated carbocycles. The zero-order chi connectivity index (χ0) is 13.9. The van der Waals surface area contributed by atoms with E-state index in [2.05, 4.69) is 17.0 Å². The Kier molecular flexibility index (Phi) is 4.52. The molecule has 1 saturated heterocycles. The summed E-state index contributed by atoms with van der Waals surface area (Å²) in [5.41, 5.74) is 8.37. The third-order valence-electron chi connectivity index (χ3n) is 5.04. The van der Waals surface area contributed by atoms with E-state index in [9.17, 15) is 0 Å². The van der Waals surface area contributed by atoms with Crippen LogP contribution in [0, 0.1) is 5.92 Å². The van der Waals surface area contributed by atoms with Crippen LogP contribution in [0.1, 0.15) is 44.1 Å². The lowest BCUT2D eigenvalue weighted by Crippen LogP contribution is -2.35. The second kappa shape index (κ2) is 6.36. The maximum absolute atomic E-state index is 6.41. The van der Waals surface area contributed by atoms with Gasteiger partial charge in [-0.15, -0.1) is 0 Å². The predicted octanol–water partition coefficient (Wildman–Crippen LogP) is 4.00. The molecule has 110 valence electrons. The van der Waals surface area contributed by atoms with Crippen molar-refractivity contribution in [3.05, 3.63) is 28.8 Å². The van der Waals surface area contributed by atoms with E-state index in [1.54, 1.807) is 0 Å². The minimum atomic E-state index is 0.665. The van der Waals surface area contributed by atoms with E-state index in [-0.39, 0.29) is 0 Å². The van der Waals surface area contributed by atoms with Crippen molar-refractivity contribution in [3.8, 4) is 0 Å². The smallest absolute Gasteiger partial charge is 0.0459 e. The molecule has 0 spiro atoms. The quantitative estimate of drug-likeness (QED) is 0.909. The fourth-order valence-electron chi connectivity index (χ4n) is 4.13. The van der Waals surface area contributed by atoms with Crippen LogP contribution in [0.4, 0.5) is 5.69 Å². The van der Waals surface area contributed by atoms with E-state index in [4.69, 9.17) is 17.3 Å². The number of hydrogen-bond acceptors (Lipinski definition) is 2. The molecule has 20 heavy (non-hydrogen) atoms. The molecule has 1 heterocycles. The van der Waals surface area contributed by atoms with Gasteiger partial charge in [0.2, 0.25) is 0 Å². The van der Waals surface area contributed by atoms with Crippen molar-refractivity contribution >= 4 is 17.3 Å². The highest BCUT2D eigenvalue weighted by molar-refractivity contribution is 6.31. The number of nitrogens with zero attached hydrogens (tertiary/aromatic N) is 1. The van der Waals surface area contributed by atoms with Gasteiger partial charge in [0.25, 0.3) is 0 Å². The fourth-order valence-corrected chi connectivity index (χ4v) is 4.40. The van der Waals surface area contributed by atoms with Gasteiger partial charge in [-0.05, 0) is 62.3 Å². The van der Waals surface area contributed by atoms with E-state index in [1.165, 1.54) is 56.3 Å². The lowest BCUT2D eigenvalue weighted by Gasteiger charge is -2.33. The van der Waals surface area contributed by atoms with Gasteiger partial charge in [-0.1, -0.05) is 30.5 Å². The maximum atomic E-state index is 6.41. The molecule has 0 amide bonds. The lowest BCUT2D eigenvalue weighted by molar-refractivity contribution is 0.430. The van der Waals surface area contributed by atoms with Crippen LogP contribution in [0.15, 0.2) is 18.2 Å². The van der Waals surface area contributed by atoms with Gasteiger partial charge in [-0.2, -0.15) is 0 Å². The number of hydrogen-bond donors (Lipinski definition) is 1. The van der Waals surface area contributed by atoms with Crippen LogP contribution in [-0.4, -0.2) is 19.1 Å². The predicted molar refractivity (Wildman–Crippen MR) is 86.5 cm³/mol. The summed E-state index contributed by atoms with van der Waals surface area (Å²) in [6, 6.07) is 7.05. The third-order valence-corrected chi connectivity index (χ3v) is 5.40. The van der Waals surface area contributed by atoms with Crippen molar-refractivity contribution < 1.29 is 0 Å². The van der Waals surface area contributed by atoms with Crippen molar-refractivity contribution in [3.63, 3.8) is 0 Å². The molecule has 1 aromatic carbocycles. The van der Waals surface area contributed by atoms with E-state index in [0.29, 0.717) is 6.54 Å². The Morgan fingerprint density at radius 1 is 1.15 bits per heavy atom. The number of nitrogens with two attached hydrogens (primary N) is 1. The molecule has 1 aliphatic heterocycles. The number of anilines is 1. The second-order valence-corrected chi connectivity index (χ2v) is 6.63. The Bertz CT molecular complexity index is 454. The second-order valence-electron chi connectivity index (χ2n) is 6.22. The molecule has 3 heteroatoms. The zero-order valence-electron chi connectivity index (χ0n) is 12.2. The average molecular weight is 293 g/mol. The van der Waals surface area contributed by atoms with Crippen LogP contribution in [0.2, 0.25) is 5.02 Å². The molecule has 1 atom stereocenters. The lowest BCUT2D eigenvalue weighted by atomic mass is 9.95. The van der Waals surface area contributed by atoms with Gasteiger partial charge in [0.1, 0.15) is 0 Å². The summed E-state index contributed by atoms with van der Waals surface area (Å²) in [4.78, 5) is 2.63. The molecule has 3 rings (SSSR count). The first-order valence-electron chi connectivity index (χ1n) is 8.05. The Balaban J connectivity index is 1.88. The first kappa shape index (κ1) is 14.2. The summed E-state index contributed by atoms with van der Waals surface area (Å²) < 4.78 is 0. The van der Waals surface area contributed by atoms with Crippen molar-refractivity contribution in [1.29, 1.82) is 0 Å². The number of halogens is 1. The van der Waals surface area contributed by atoms with Gasteiger partial charge in [0.05, 0.1) is 0 Å². The average Bonchev–Trinajstić information content (AvgIpc) is 3.10. The SMILES string of the molecule is NCCc1c(Cl)cccc1N1CCCC1C1CCCC1. The van der Waals surface area contributed by atoms with Crippen LogP contribution in [-0.2, 0) is 6.42 Å². The largest absolute Gasteiger partial charge is 0.368 e. The van der Waals surface area contributed by atoms with Crippen molar-refractivity contribution in [2.75, 3.05) is 18.0 Å². The van der Waals surface area contributed by atoms with E-state index < -0.39 is 0 Å². The molecule has 2 fully saturated rings. The van der Waals surface area contributed by atoms with Gasteiger partial charge in [-0.3, -0.25) is 0 Å². The van der Waals surface area contributed by atoms with Crippen LogP contribution in [0.25, 0.3) is 0 Å². The highest BCUT2D eigenvalue weighted by Gasteiger charge is 2.34. The molecule has 1 unspecified atom stereocenters. The van der Waals surface area contributed by atoms with Crippen LogP contribution in [0.3, 0.4) is 0 Å². The highest BCUT2D eigenvalue weighted by atomic mass is 35.5. The molecule has 2 nitrogen and oxygen atoms in total. The van der Waals surface area contributed by atoms with Gasteiger partial charge in [-0.25, -0.2) is 0 Å². The number of rotatable bonds is 4. The van der Waals surface area contributed by atoms with Gasteiger partial charge < -0.3 is 10.6 Å². The summed E-state index contributed by atoms with van der Waals surface area (Å²) >= 11 is 6.41. The van der Waals surface area contributed by atoms with E-state index >= 15 is 0 Å². The third kappa shape index (κ3) is 2.68. The monoisotopic (exact) mass is 292 g/mol. The normalized spacial score (nSPS) is 23.7. The molecule has 1 aliphatic carbocycles. The molecule has 1 aromatic rings. The summed E-state index contributed by atoms with van der Waals surface area (Å²) in [5.74, 6) is 0.891. The Morgan fingerprint density at radius 3 is 2.70 bits per heavy atom. The summed E-state index contributed by atoms with van der Waals surface area (Å²) in [5, 5.41) is 0.880. The molecular formula is C17H25ClN2. The van der Waals surface area contributed by atoms with Gasteiger partial charge >= 0.3 is 0 Å². The minimum absolute atomic E-state index is 0.665. The topological polar surface area (TPSA) is 29.3 Å². The first-order valence-corrected chi connectivity index (χ1v) is 8.43. The zero-order valence-corrected chi connectivity index (χ0v) is 12.9. The molecule has 0 radical (unpaired) electrons. The Morgan fingerprint density at radius 2 is 1.95 bits per heavy atom. The van der Waals surface area contributed by atoms with E-state index in [0.717, 1.165) is 23.4 Å². The molecular weight excluding hydrogens is 268 g/mol. The highest BCUT2D eigenvalue weighted by Crippen LogP contribution is 2.40. The first-order chi connectivity index (χ1) is 9.81. The van der Waals surface area contributed by atoms with Crippen molar-refractivity contribution in [1.82, 2.24) is 0 Å². The van der Waals surface area contributed by atoms with E-state index in [1.807, 2.05) is 6.07 Å². The van der Waals surface area contributed by atoms with Crippen molar-refractivity contribution in [2.24, 2.45) is 11.7 Å². The molecule has 0 aromatic heterocycles.